The van der Waals surface area contributed by atoms with Gasteiger partial charge in [-0.2, -0.15) is 0 Å². The van der Waals surface area contributed by atoms with Crippen LogP contribution in [0.15, 0.2) is 16.7 Å². The van der Waals surface area contributed by atoms with Crippen molar-refractivity contribution >= 4 is 37.5 Å². The van der Waals surface area contributed by atoms with Crippen molar-refractivity contribution in [2.24, 2.45) is 0 Å². The van der Waals surface area contributed by atoms with Crippen molar-refractivity contribution in [3.63, 3.8) is 0 Å². The Morgan fingerprint density at radius 1 is 1.53 bits per heavy atom. The van der Waals surface area contributed by atoms with E-state index in [0.29, 0.717) is 11.0 Å². The van der Waals surface area contributed by atoms with E-state index in [1.54, 1.807) is 6.92 Å². The highest BCUT2D eigenvalue weighted by Crippen LogP contribution is 2.24. The summed E-state index contributed by atoms with van der Waals surface area (Å²) in [4.78, 5) is 14.1. The molecule has 1 aromatic heterocycles. The van der Waals surface area contributed by atoms with Crippen LogP contribution in [0.3, 0.4) is 0 Å². The highest BCUT2D eigenvalue weighted by molar-refractivity contribution is 9.10. The zero-order chi connectivity index (χ0) is 14.5. The fourth-order valence-electron chi connectivity index (χ4n) is 1.30. The predicted molar refractivity (Wildman–Crippen MR) is 74.5 cm³/mol. The van der Waals surface area contributed by atoms with Crippen LogP contribution in [0.5, 0.6) is 0 Å². The monoisotopic (exact) mass is 352 g/mol. The zero-order valence-corrected chi connectivity index (χ0v) is 12.5. The zero-order valence-electron chi connectivity index (χ0n) is 10.1. The van der Waals surface area contributed by atoms with E-state index in [9.17, 15) is 18.5 Å². The van der Waals surface area contributed by atoms with Gasteiger partial charge < -0.3 is 5.32 Å². The van der Waals surface area contributed by atoms with Crippen molar-refractivity contribution in [3.05, 3.63) is 26.9 Å². The summed E-state index contributed by atoms with van der Waals surface area (Å²) in [5, 5.41) is 13.5. The minimum absolute atomic E-state index is 0.0325. The van der Waals surface area contributed by atoms with E-state index in [1.165, 1.54) is 12.3 Å². The number of nitrogens with one attached hydrogen (secondary N) is 2. The molecule has 1 heterocycles. The number of hydrogen-bond acceptors (Lipinski definition) is 6. The second-order valence-corrected chi connectivity index (χ2v) is 6.36. The molecule has 1 rings (SSSR count). The number of nitro groups is 1. The third kappa shape index (κ3) is 5.09. The lowest BCUT2D eigenvalue weighted by Crippen LogP contribution is -2.29. The van der Waals surface area contributed by atoms with Crippen LogP contribution >= 0.6 is 15.9 Å². The lowest BCUT2D eigenvalue weighted by atomic mass is 10.4. The van der Waals surface area contributed by atoms with Crippen molar-refractivity contribution in [1.82, 2.24) is 9.71 Å². The predicted octanol–water partition coefficient (Wildman–Crippen LogP) is 1.10. The van der Waals surface area contributed by atoms with Crippen LogP contribution in [0.2, 0.25) is 0 Å². The van der Waals surface area contributed by atoms with Crippen LogP contribution in [0.4, 0.5) is 11.5 Å². The second-order valence-electron chi connectivity index (χ2n) is 3.52. The molecule has 0 atom stereocenters. The first-order valence-corrected chi connectivity index (χ1v) is 7.81. The van der Waals surface area contributed by atoms with Crippen LogP contribution in [0.1, 0.15) is 6.92 Å². The van der Waals surface area contributed by atoms with Crippen LogP contribution in [-0.4, -0.2) is 37.2 Å². The maximum atomic E-state index is 11.4. The molecule has 0 aliphatic heterocycles. The van der Waals surface area contributed by atoms with Gasteiger partial charge in [-0.05, 0) is 15.9 Å². The normalized spacial score (nSPS) is 11.3. The molecule has 0 saturated carbocycles. The Hall–Kier alpha value is -1.26. The Labute approximate surface area is 118 Å². The topological polar surface area (TPSA) is 114 Å². The Morgan fingerprint density at radius 2 is 2.21 bits per heavy atom. The van der Waals surface area contributed by atoms with E-state index in [2.05, 4.69) is 31.0 Å². The largest absolute Gasteiger partial charge is 0.363 e. The number of rotatable bonds is 7. The summed E-state index contributed by atoms with van der Waals surface area (Å²) >= 11 is 3.08. The number of nitrogens with zero attached hydrogens (tertiary/aromatic N) is 2. The van der Waals surface area contributed by atoms with Gasteiger partial charge >= 0.3 is 5.69 Å². The SMILES string of the molecule is CCNS(=O)(=O)CCNc1ncc(Br)cc1[N+](=O)[O-]. The van der Waals surface area contributed by atoms with Crippen molar-refractivity contribution in [1.29, 1.82) is 0 Å². The minimum atomic E-state index is -3.36. The summed E-state index contributed by atoms with van der Waals surface area (Å²) in [5.74, 6) is -0.143. The number of pyridine rings is 1. The average molecular weight is 353 g/mol. The lowest BCUT2D eigenvalue weighted by Gasteiger charge is -2.07. The molecule has 0 unspecified atom stereocenters. The van der Waals surface area contributed by atoms with E-state index in [-0.39, 0.29) is 23.8 Å². The molecule has 8 nitrogen and oxygen atoms in total. The van der Waals surface area contributed by atoms with Gasteiger partial charge in [0, 0.05) is 29.8 Å². The molecule has 0 aliphatic rings. The van der Waals surface area contributed by atoms with E-state index in [0.717, 1.165) is 0 Å². The summed E-state index contributed by atoms with van der Waals surface area (Å²) in [6.07, 6.45) is 1.40. The summed E-state index contributed by atoms with van der Waals surface area (Å²) < 4.78 is 25.6. The fraction of sp³-hybridized carbons (Fsp3) is 0.444. The first-order valence-electron chi connectivity index (χ1n) is 5.37. The maximum absolute atomic E-state index is 11.4. The number of halogens is 1. The highest BCUT2D eigenvalue weighted by Gasteiger charge is 2.16. The molecule has 0 fully saturated rings. The quantitative estimate of drug-likeness (QED) is 0.561. The summed E-state index contributed by atoms with van der Waals surface area (Å²) in [6, 6.07) is 1.30. The van der Waals surface area contributed by atoms with Crippen molar-refractivity contribution in [2.75, 3.05) is 24.2 Å². The Bertz CT molecular complexity index is 563. The Morgan fingerprint density at radius 3 is 2.79 bits per heavy atom. The molecule has 19 heavy (non-hydrogen) atoms. The third-order valence-electron chi connectivity index (χ3n) is 2.06. The molecular formula is C9H13BrN4O4S. The maximum Gasteiger partial charge on any atom is 0.312 e. The summed E-state index contributed by atoms with van der Waals surface area (Å²) in [5.41, 5.74) is -0.213. The molecule has 1 aromatic rings. The van der Waals surface area contributed by atoms with E-state index in [1.807, 2.05) is 0 Å². The summed E-state index contributed by atoms with van der Waals surface area (Å²) in [7, 11) is -3.36. The van der Waals surface area contributed by atoms with Crippen molar-refractivity contribution < 1.29 is 13.3 Å². The molecule has 0 bridgehead atoms. The molecule has 10 heteroatoms. The molecule has 0 amide bonds. The summed E-state index contributed by atoms with van der Waals surface area (Å²) in [6.45, 7) is 2.01. The van der Waals surface area contributed by atoms with Gasteiger partial charge in [0.05, 0.1) is 10.7 Å². The van der Waals surface area contributed by atoms with E-state index in [4.69, 9.17) is 0 Å². The van der Waals surface area contributed by atoms with E-state index >= 15 is 0 Å². The van der Waals surface area contributed by atoms with Crippen LogP contribution < -0.4 is 10.0 Å². The van der Waals surface area contributed by atoms with Crippen LogP contribution in [0, 0.1) is 10.1 Å². The third-order valence-corrected chi connectivity index (χ3v) is 3.96. The molecule has 0 aromatic carbocycles. The van der Waals surface area contributed by atoms with Crippen LogP contribution in [0.25, 0.3) is 0 Å². The molecule has 0 saturated heterocycles. The van der Waals surface area contributed by atoms with Gasteiger partial charge in [-0.15, -0.1) is 0 Å². The lowest BCUT2D eigenvalue weighted by molar-refractivity contribution is -0.384. The first-order chi connectivity index (χ1) is 8.85. The second kappa shape index (κ2) is 6.78. The van der Waals surface area contributed by atoms with E-state index < -0.39 is 14.9 Å². The van der Waals surface area contributed by atoms with Gasteiger partial charge in [-0.25, -0.2) is 18.1 Å². The van der Waals surface area contributed by atoms with Crippen molar-refractivity contribution in [2.45, 2.75) is 6.92 Å². The first kappa shape index (κ1) is 15.8. The highest BCUT2D eigenvalue weighted by atomic mass is 79.9. The number of anilines is 1. The van der Waals surface area contributed by atoms with Gasteiger partial charge in [-0.1, -0.05) is 6.92 Å². The number of hydrogen-bond donors (Lipinski definition) is 2. The minimum Gasteiger partial charge on any atom is -0.363 e. The standard InChI is InChI=1S/C9H13BrN4O4S/c1-2-13-19(17,18)4-3-11-9-8(14(15)16)5-7(10)6-12-9/h5-6,13H,2-4H2,1H3,(H,11,12). The molecular weight excluding hydrogens is 340 g/mol. The number of sulfonamides is 1. The molecule has 0 radical (unpaired) electrons. The van der Waals surface area contributed by atoms with Gasteiger partial charge in [0.15, 0.2) is 0 Å². The molecule has 2 N–H and O–H groups in total. The Kier molecular flexibility index (Phi) is 5.63. The van der Waals surface area contributed by atoms with Gasteiger partial charge in [0.2, 0.25) is 15.8 Å². The van der Waals surface area contributed by atoms with Gasteiger partial charge in [0.1, 0.15) is 0 Å². The smallest absolute Gasteiger partial charge is 0.312 e. The fourth-order valence-corrected chi connectivity index (χ4v) is 2.57. The van der Waals surface area contributed by atoms with Gasteiger partial charge in [-0.3, -0.25) is 10.1 Å². The van der Waals surface area contributed by atoms with Gasteiger partial charge in [0.25, 0.3) is 0 Å². The average Bonchev–Trinajstić information content (AvgIpc) is 2.30. The molecule has 0 aliphatic carbocycles. The molecule has 106 valence electrons. The molecule has 0 spiro atoms. The number of aromatic nitrogens is 1. The van der Waals surface area contributed by atoms with Crippen molar-refractivity contribution in [3.8, 4) is 0 Å². The van der Waals surface area contributed by atoms with Crippen LogP contribution in [-0.2, 0) is 10.0 Å². The Balaban J connectivity index is 2.71.